The second-order valence-electron chi connectivity index (χ2n) is 6.74. The molecule has 148 valence electrons. The molecule has 0 atom stereocenters. The third kappa shape index (κ3) is 3.88. The summed E-state index contributed by atoms with van der Waals surface area (Å²) in [6.45, 7) is 0. The highest BCUT2D eigenvalue weighted by Gasteiger charge is 2.21. The minimum Gasteiger partial charge on any atom is -0.282 e. The average molecular weight is 428 g/mol. The van der Waals surface area contributed by atoms with Gasteiger partial charge in [-0.05, 0) is 56.9 Å². The predicted molar refractivity (Wildman–Crippen MR) is 110 cm³/mol. The first-order chi connectivity index (χ1) is 13.6. The van der Waals surface area contributed by atoms with Crippen molar-refractivity contribution < 1.29 is 25.9 Å². The highest BCUT2D eigenvalue weighted by molar-refractivity contribution is 7.86. The molecule has 0 aliphatic heterocycles. The summed E-state index contributed by atoms with van der Waals surface area (Å²) in [6, 6.07) is 20.0. The number of rotatable bonds is 4. The molecule has 0 spiro atoms. The van der Waals surface area contributed by atoms with E-state index >= 15 is 0 Å². The molecule has 0 aromatic heterocycles. The predicted octanol–water partition coefficient (Wildman–Crippen LogP) is 4.08. The molecule has 0 saturated heterocycles. The summed E-state index contributed by atoms with van der Waals surface area (Å²) in [5.41, 5.74) is 0.456. The minimum absolute atomic E-state index is 0.111. The first-order valence-electron chi connectivity index (χ1n) is 8.61. The maximum atomic E-state index is 12.0. The molecule has 0 aliphatic rings. The second kappa shape index (κ2) is 6.93. The molecular weight excluding hydrogens is 412 g/mol. The Kier molecular flexibility index (Phi) is 4.66. The lowest BCUT2D eigenvalue weighted by Crippen LogP contribution is -2.08. The SMILES string of the molecule is O=S(=O)(O)c1cc2ccccc2cc1Cc1cc2ccccc2cc1S(=O)(=O)O. The van der Waals surface area contributed by atoms with Crippen LogP contribution in [0, 0.1) is 0 Å². The van der Waals surface area contributed by atoms with Gasteiger partial charge in [-0.15, -0.1) is 0 Å². The van der Waals surface area contributed by atoms with Crippen molar-refractivity contribution in [2.45, 2.75) is 16.2 Å². The minimum atomic E-state index is -4.55. The number of fused-ring (bicyclic) bond motifs is 2. The van der Waals surface area contributed by atoms with Gasteiger partial charge in [-0.3, -0.25) is 9.11 Å². The zero-order valence-electron chi connectivity index (χ0n) is 15.0. The molecule has 4 aromatic rings. The molecule has 8 heteroatoms. The maximum Gasteiger partial charge on any atom is 0.294 e. The van der Waals surface area contributed by atoms with Gasteiger partial charge in [0.1, 0.15) is 0 Å². The Labute approximate surface area is 167 Å². The molecule has 0 radical (unpaired) electrons. The lowest BCUT2D eigenvalue weighted by atomic mass is 9.99. The van der Waals surface area contributed by atoms with E-state index in [9.17, 15) is 25.9 Å². The van der Waals surface area contributed by atoms with Crippen molar-refractivity contribution in [3.05, 3.63) is 83.9 Å². The molecule has 0 unspecified atom stereocenters. The molecule has 0 heterocycles. The highest BCUT2D eigenvalue weighted by Crippen LogP contribution is 2.30. The fourth-order valence-electron chi connectivity index (χ4n) is 3.49. The maximum absolute atomic E-state index is 12.0. The van der Waals surface area contributed by atoms with Gasteiger partial charge in [-0.25, -0.2) is 0 Å². The van der Waals surface area contributed by atoms with Crippen LogP contribution in [0.15, 0.2) is 82.6 Å². The van der Waals surface area contributed by atoms with Crippen LogP contribution in [0.3, 0.4) is 0 Å². The second-order valence-corrected chi connectivity index (χ2v) is 9.52. The van der Waals surface area contributed by atoms with Gasteiger partial charge >= 0.3 is 0 Å². The van der Waals surface area contributed by atoms with Crippen LogP contribution in [0.5, 0.6) is 0 Å². The van der Waals surface area contributed by atoms with Crippen molar-refractivity contribution in [3.63, 3.8) is 0 Å². The monoisotopic (exact) mass is 428 g/mol. The van der Waals surface area contributed by atoms with E-state index in [1.807, 2.05) is 0 Å². The summed E-state index contributed by atoms with van der Waals surface area (Å²) in [4.78, 5) is -0.601. The third-order valence-corrected chi connectivity index (χ3v) is 6.67. The topological polar surface area (TPSA) is 109 Å². The summed E-state index contributed by atoms with van der Waals surface area (Å²) in [5, 5.41) is 2.72. The van der Waals surface area contributed by atoms with Gasteiger partial charge in [0.25, 0.3) is 20.2 Å². The van der Waals surface area contributed by atoms with Crippen molar-refractivity contribution in [2.24, 2.45) is 0 Å². The third-order valence-electron chi connectivity index (χ3n) is 4.79. The Morgan fingerprint density at radius 1 is 0.552 bits per heavy atom. The molecule has 0 fully saturated rings. The number of benzene rings is 4. The molecule has 4 aromatic carbocycles. The van der Waals surface area contributed by atoms with Crippen LogP contribution in [0.25, 0.3) is 21.5 Å². The van der Waals surface area contributed by atoms with Gasteiger partial charge in [0.2, 0.25) is 0 Å². The highest BCUT2D eigenvalue weighted by atomic mass is 32.2. The molecule has 0 saturated carbocycles. The molecule has 4 rings (SSSR count). The van der Waals surface area contributed by atoms with Gasteiger partial charge in [-0.2, -0.15) is 16.8 Å². The van der Waals surface area contributed by atoms with Gasteiger partial charge in [0.15, 0.2) is 0 Å². The largest absolute Gasteiger partial charge is 0.294 e. The van der Waals surface area contributed by atoms with E-state index in [0.29, 0.717) is 10.8 Å². The summed E-state index contributed by atoms with van der Waals surface area (Å²) < 4.78 is 67.3. The first kappa shape index (κ1) is 19.5. The standard InChI is InChI=1S/C21H16O6S2/c22-28(23,24)20-12-16-7-3-1-5-14(16)9-18(20)11-19-10-15-6-2-4-8-17(15)13-21(19)29(25,26)27/h1-10,12-13H,11H2,(H,22,23,24)(H,25,26,27). The fourth-order valence-corrected chi connectivity index (χ4v) is 4.97. The summed E-state index contributed by atoms with van der Waals surface area (Å²) in [5.74, 6) is 0. The lowest BCUT2D eigenvalue weighted by Gasteiger charge is -2.13. The van der Waals surface area contributed by atoms with E-state index in [2.05, 4.69) is 0 Å². The van der Waals surface area contributed by atoms with Crippen LogP contribution in [0.1, 0.15) is 11.1 Å². The number of hydrogen-bond donors (Lipinski definition) is 2. The van der Waals surface area contributed by atoms with Crippen molar-refractivity contribution in [3.8, 4) is 0 Å². The summed E-state index contributed by atoms with van der Waals surface area (Å²) in [6.07, 6.45) is -0.111. The van der Waals surface area contributed by atoms with Crippen molar-refractivity contribution >= 4 is 41.8 Å². The molecule has 0 bridgehead atoms. The van der Waals surface area contributed by atoms with Crippen molar-refractivity contribution in [1.29, 1.82) is 0 Å². The summed E-state index contributed by atoms with van der Waals surface area (Å²) in [7, 11) is -9.10. The van der Waals surface area contributed by atoms with Crippen LogP contribution in [0.2, 0.25) is 0 Å². The van der Waals surface area contributed by atoms with Gasteiger partial charge in [0, 0.05) is 6.42 Å². The van der Waals surface area contributed by atoms with E-state index in [-0.39, 0.29) is 27.3 Å². The smallest absolute Gasteiger partial charge is 0.282 e. The van der Waals surface area contributed by atoms with Gasteiger partial charge in [0.05, 0.1) is 9.79 Å². The van der Waals surface area contributed by atoms with Crippen LogP contribution < -0.4 is 0 Å². The average Bonchev–Trinajstić information content (AvgIpc) is 2.65. The van der Waals surface area contributed by atoms with Crippen molar-refractivity contribution in [2.75, 3.05) is 0 Å². The van der Waals surface area contributed by atoms with E-state index in [4.69, 9.17) is 0 Å². The van der Waals surface area contributed by atoms with Crippen molar-refractivity contribution in [1.82, 2.24) is 0 Å². The van der Waals surface area contributed by atoms with Gasteiger partial charge < -0.3 is 0 Å². The molecule has 29 heavy (non-hydrogen) atoms. The van der Waals surface area contributed by atoms with Crippen LogP contribution >= 0.6 is 0 Å². The molecule has 0 aliphatic carbocycles. The first-order valence-corrected chi connectivity index (χ1v) is 11.5. The Bertz CT molecular complexity index is 1360. The van der Waals surface area contributed by atoms with E-state index in [0.717, 1.165) is 10.8 Å². The van der Waals surface area contributed by atoms with E-state index in [1.165, 1.54) is 12.1 Å². The Hall–Kier alpha value is -2.78. The van der Waals surface area contributed by atoms with Gasteiger partial charge in [-0.1, -0.05) is 48.5 Å². The Morgan fingerprint density at radius 2 is 0.862 bits per heavy atom. The summed E-state index contributed by atoms with van der Waals surface area (Å²) >= 11 is 0. The zero-order chi connectivity index (χ0) is 20.8. The normalized spacial score (nSPS) is 12.5. The molecular formula is C21H16O6S2. The molecule has 2 N–H and O–H groups in total. The quantitative estimate of drug-likeness (QED) is 0.474. The Morgan fingerprint density at radius 3 is 1.17 bits per heavy atom. The van der Waals surface area contributed by atoms with Crippen LogP contribution in [0.4, 0.5) is 0 Å². The number of hydrogen-bond acceptors (Lipinski definition) is 4. The van der Waals surface area contributed by atoms with Crippen LogP contribution in [-0.2, 0) is 26.7 Å². The Balaban J connectivity index is 1.98. The molecule has 0 amide bonds. The zero-order valence-corrected chi connectivity index (χ0v) is 16.6. The van der Waals surface area contributed by atoms with E-state index in [1.54, 1.807) is 60.7 Å². The molecule has 6 nitrogen and oxygen atoms in total. The van der Waals surface area contributed by atoms with E-state index < -0.39 is 20.2 Å². The van der Waals surface area contributed by atoms with Crippen LogP contribution in [-0.4, -0.2) is 25.9 Å². The lowest BCUT2D eigenvalue weighted by molar-refractivity contribution is 0.481. The fraction of sp³-hybridized carbons (Fsp3) is 0.0476.